The lowest BCUT2D eigenvalue weighted by Gasteiger charge is -2.19. The lowest BCUT2D eigenvalue weighted by molar-refractivity contribution is -0.384. The van der Waals surface area contributed by atoms with Crippen molar-refractivity contribution in [1.82, 2.24) is 0 Å². The number of carbonyl (C=O) groups is 1. The second kappa shape index (κ2) is 10.6. The van der Waals surface area contributed by atoms with E-state index >= 15 is 0 Å². The summed E-state index contributed by atoms with van der Waals surface area (Å²) < 4.78 is 21.7. The van der Waals surface area contributed by atoms with E-state index in [0.717, 1.165) is 0 Å². The van der Waals surface area contributed by atoms with Crippen molar-refractivity contribution in [2.45, 2.75) is 6.92 Å². The van der Waals surface area contributed by atoms with Gasteiger partial charge in [0.25, 0.3) is 11.6 Å². The van der Waals surface area contributed by atoms with E-state index in [1.54, 1.807) is 31.2 Å². The lowest BCUT2D eigenvalue weighted by atomic mass is 10.1. The predicted molar refractivity (Wildman–Crippen MR) is 118 cm³/mol. The molecule has 0 aliphatic carbocycles. The first-order chi connectivity index (χ1) is 16.0. The zero-order chi connectivity index (χ0) is 23.8. The molecule has 0 bridgehead atoms. The minimum absolute atomic E-state index is 0.0510. The molecule has 33 heavy (non-hydrogen) atoms. The monoisotopic (exact) mass is 449 g/mol. The van der Waals surface area contributed by atoms with Gasteiger partial charge in [-0.15, -0.1) is 6.42 Å². The number of hydrogen-bond donors (Lipinski definition) is 1. The van der Waals surface area contributed by atoms with Crippen LogP contribution in [0.4, 0.5) is 11.4 Å². The van der Waals surface area contributed by atoms with Crippen LogP contribution in [0.15, 0.2) is 35.9 Å². The lowest BCUT2D eigenvalue weighted by Crippen LogP contribution is -2.18. The van der Waals surface area contributed by atoms with Crippen molar-refractivity contribution in [2.75, 3.05) is 31.7 Å². The largest absolute Gasteiger partial charge is 0.490 e. The molecule has 2 aromatic carbocycles. The van der Waals surface area contributed by atoms with Crippen molar-refractivity contribution in [2.24, 2.45) is 0 Å². The molecule has 0 radical (unpaired) electrons. The Kier molecular flexibility index (Phi) is 7.35. The Morgan fingerprint density at radius 3 is 2.61 bits per heavy atom. The fourth-order valence-corrected chi connectivity index (χ4v) is 2.96. The van der Waals surface area contributed by atoms with Gasteiger partial charge >= 0.3 is 0 Å². The van der Waals surface area contributed by atoms with E-state index in [2.05, 4.69) is 11.2 Å². The van der Waals surface area contributed by atoms with Crippen LogP contribution in [-0.4, -0.2) is 37.3 Å². The third kappa shape index (κ3) is 5.51. The van der Waals surface area contributed by atoms with Gasteiger partial charge in [0.1, 0.15) is 37.2 Å². The van der Waals surface area contributed by atoms with Crippen molar-refractivity contribution in [3.05, 3.63) is 51.6 Å². The fourth-order valence-electron chi connectivity index (χ4n) is 2.96. The molecular formula is C23H19N3O7. The van der Waals surface area contributed by atoms with Crippen molar-refractivity contribution >= 4 is 23.4 Å². The molecule has 0 aromatic heterocycles. The average Bonchev–Trinajstić information content (AvgIpc) is 2.81. The van der Waals surface area contributed by atoms with Gasteiger partial charge in [0.15, 0.2) is 23.0 Å². The molecule has 0 saturated heterocycles. The molecule has 1 N–H and O–H groups in total. The number of carbonyl (C=O) groups excluding carboxylic acids is 1. The first kappa shape index (κ1) is 23.0. The molecule has 0 unspecified atom stereocenters. The molecule has 0 fully saturated rings. The standard InChI is InChI=1S/C23H19N3O7/c1-3-7-31-19-6-5-15(11-20(19)30-4-2)10-16(14-24)23(27)25-17-12-21-22(33-9-8-32-21)13-18(17)26(28)29/h1,5-6,10-13H,4,7-9H2,2H3,(H,25,27)/b16-10+. The summed E-state index contributed by atoms with van der Waals surface area (Å²) >= 11 is 0. The molecule has 1 aliphatic heterocycles. The van der Waals surface area contributed by atoms with Crippen molar-refractivity contribution < 1.29 is 28.7 Å². The minimum atomic E-state index is -0.831. The number of hydrogen-bond acceptors (Lipinski definition) is 8. The van der Waals surface area contributed by atoms with E-state index in [1.165, 1.54) is 18.2 Å². The van der Waals surface area contributed by atoms with Gasteiger partial charge in [-0.05, 0) is 30.7 Å². The van der Waals surface area contributed by atoms with Crippen LogP contribution in [0.3, 0.4) is 0 Å². The van der Waals surface area contributed by atoms with Gasteiger partial charge < -0.3 is 24.3 Å². The Hall–Kier alpha value is -4.70. The van der Waals surface area contributed by atoms with Crippen LogP contribution >= 0.6 is 0 Å². The number of fused-ring (bicyclic) bond motifs is 1. The summed E-state index contributed by atoms with van der Waals surface area (Å²) in [6.45, 7) is 2.73. The molecule has 3 rings (SSSR count). The Bertz CT molecular complexity index is 1190. The number of terminal acetylenes is 1. The SMILES string of the molecule is C#CCOc1ccc(/C=C(\C#N)C(=O)Nc2cc3c(cc2[N+](=O)[O-])OCCO3)cc1OCC. The Labute approximate surface area is 189 Å². The smallest absolute Gasteiger partial charge is 0.296 e. The van der Waals surface area contributed by atoms with Gasteiger partial charge in [-0.1, -0.05) is 12.0 Å². The number of nitriles is 1. The first-order valence-electron chi connectivity index (χ1n) is 9.81. The van der Waals surface area contributed by atoms with E-state index in [4.69, 9.17) is 25.4 Å². The number of nitro groups is 1. The molecule has 0 spiro atoms. The Morgan fingerprint density at radius 1 is 1.24 bits per heavy atom. The highest BCUT2D eigenvalue weighted by Gasteiger charge is 2.24. The number of rotatable bonds is 8. The zero-order valence-electron chi connectivity index (χ0n) is 17.6. The van der Waals surface area contributed by atoms with E-state index in [-0.39, 0.29) is 42.6 Å². The highest BCUT2D eigenvalue weighted by molar-refractivity contribution is 6.10. The Morgan fingerprint density at radius 2 is 1.97 bits per heavy atom. The van der Waals surface area contributed by atoms with Crippen LogP contribution < -0.4 is 24.3 Å². The molecule has 1 heterocycles. The van der Waals surface area contributed by atoms with E-state index in [9.17, 15) is 20.2 Å². The number of amides is 1. The summed E-state index contributed by atoms with van der Waals surface area (Å²) in [6.07, 6.45) is 6.54. The summed E-state index contributed by atoms with van der Waals surface area (Å²) in [5.74, 6) is 2.80. The molecule has 0 atom stereocenters. The molecular weight excluding hydrogens is 430 g/mol. The van der Waals surface area contributed by atoms with Crippen molar-refractivity contribution in [3.63, 3.8) is 0 Å². The van der Waals surface area contributed by atoms with E-state index in [1.807, 2.05) is 0 Å². The van der Waals surface area contributed by atoms with E-state index in [0.29, 0.717) is 23.7 Å². The summed E-state index contributed by atoms with van der Waals surface area (Å²) in [7, 11) is 0. The maximum Gasteiger partial charge on any atom is 0.296 e. The van der Waals surface area contributed by atoms with Gasteiger partial charge in [-0.25, -0.2) is 0 Å². The van der Waals surface area contributed by atoms with Crippen LogP contribution in [0.5, 0.6) is 23.0 Å². The highest BCUT2D eigenvalue weighted by Crippen LogP contribution is 2.39. The van der Waals surface area contributed by atoms with Gasteiger partial charge in [0.05, 0.1) is 17.6 Å². The maximum atomic E-state index is 12.7. The van der Waals surface area contributed by atoms with Gasteiger partial charge in [0.2, 0.25) is 0 Å². The number of nitrogens with one attached hydrogen (secondary N) is 1. The highest BCUT2D eigenvalue weighted by atomic mass is 16.6. The summed E-state index contributed by atoms with van der Waals surface area (Å²) in [6, 6.07) is 9.08. The van der Waals surface area contributed by atoms with E-state index < -0.39 is 16.5 Å². The third-order valence-electron chi connectivity index (χ3n) is 4.36. The van der Waals surface area contributed by atoms with Gasteiger partial charge in [0, 0.05) is 6.07 Å². The maximum absolute atomic E-state index is 12.7. The van der Waals surface area contributed by atoms with Crippen molar-refractivity contribution in [1.29, 1.82) is 5.26 Å². The normalized spacial score (nSPS) is 12.2. The second-order valence-electron chi connectivity index (χ2n) is 6.53. The summed E-state index contributed by atoms with van der Waals surface area (Å²) in [5, 5.41) is 23.4. The fraction of sp³-hybridized carbons (Fsp3) is 0.217. The zero-order valence-corrected chi connectivity index (χ0v) is 17.6. The molecule has 10 nitrogen and oxygen atoms in total. The number of ether oxygens (including phenoxy) is 4. The van der Waals surface area contributed by atoms with Crippen LogP contribution in [0.1, 0.15) is 12.5 Å². The molecule has 1 amide bonds. The number of anilines is 1. The predicted octanol–water partition coefficient (Wildman–Crippen LogP) is 3.32. The number of nitrogens with zero attached hydrogens (tertiary/aromatic N) is 2. The average molecular weight is 449 g/mol. The van der Waals surface area contributed by atoms with Gasteiger partial charge in [-0.3, -0.25) is 14.9 Å². The molecule has 168 valence electrons. The molecule has 0 saturated carbocycles. The third-order valence-corrected chi connectivity index (χ3v) is 4.36. The summed E-state index contributed by atoms with van der Waals surface area (Å²) in [5.41, 5.74) is -0.309. The quantitative estimate of drug-likeness (QED) is 0.213. The van der Waals surface area contributed by atoms with Crippen LogP contribution in [0.25, 0.3) is 6.08 Å². The first-order valence-corrected chi connectivity index (χ1v) is 9.81. The Balaban J connectivity index is 1.89. The summed E-state index contributed by atoms with van der Waals surface area (Å²) in [4.78, 5) is 23.5. The van der Waals surface area contributed by atoms with Crippen LogP contribution in [0, 0.1) is 33.8 Å². The number of benzene rings is 2. The van der Waals surface area contributed by atoms with Crippen LogP contribution in [-0.2, 0) is 4.79 Å². The van der Waals surface area contributed by atoms with Crippen molar-refractivity contribution in [3.8, 4) is 41.4 Å². The molecule has 2 aromatic rings. The van der Waals surface area contributed by atoms with Crippen LogP contribution in [0.2, 0.25) is 0 Å². The topological polar surface area (TPSA) is 133 Å². The number of nitro benzene ring substituents is 1. The molecule has 1 aliphatic rings. The van der Waals surface area contributed by atoms with Gasteiger partial charge in [-0.2, -0.15) is 5.26 Å². The second-order valence-corrected chi connectivity index (χ2v) is 6.53. The molecule has 10 heteroatoms. The minimum Gasteiger partial charge on any atom is -0.490 e.